The van der Waals surface area contributed by atoms with E-state index in [1.54, 1.807) is 24.3 Å². The maximum absolute atomic E-state index is 12.3. The minimum atomic E-state index is -0.940. The fourth-order valence-corrected chi connectivity index (χ4v) is 2.81. The molecule has 4 N–H and O–H groups in total. The lowest BCUT2D eigenvalue weighted by Crippen LogP contribution is -2.54. The number of hydrogen-bond acceptors (Lipinski definition) is 5. The molecule has 1 fully saturated rings. The number of anilines is 1. The average molecular weight is 334 g/mol. The Morgan fingerprint density at radius 3 is 2.21 bits per heavy atom. The monoisotopic (exact) mass is 334 g/mol. The summed E-state index contributed by atoms with van der Waals surface area (Å²) in [5.41, 5.74) is 5.92. The quantitative estimate of drug-likeness (QED) is 0.732. The summed E-state index contributed by atoms with van der Waals surface area (Å²) < 4.78 is 5.43. The molecule has 24 heavy (non-hydrogen) atoms. The molecule has 1 aromatic rings. The molecule has 0 heterocycles. The number of esters is 1. The first-order valence-corrected chi connectivity index (χ1v) is 8.21. The number of nitrogens with two attached hydrogens (primary N) is 1. The molecular formula is C18H26N2O4. The molecule has 1 saturated carbocycles. The molecule has 2 rings (SSSR count). The number of hydrogen-bond donors (Lipinski definition) is 3. The predicted octanol–water partition coefficient (Wildman–Crippen LogP) is 2.78. The van der Waals surface area contributed by atoms with Gasteiger partial charge in [-0.15, -0.1) is 0 Å². The second-order valence-electron chi connectivity index (χ2n) is 7.46. The van der Waals surface area contributed by atoms with E-state index < -0.39 is 17.1 Å². The van der Waals surface area contributed by atoms with Crippen molar-refractivity contribution in [2.45, 2.75) is 63.6 Å². The van der Waals surface area contributed by atoms with E-state index in [4.69, 9.17) is 15.6 Å². The van der Waals surface area contributed by atoms with E-state index in [-0.39, 0.29) is 17.6 Å². The lowest BCUT2D eigenvalue weighted by molar-refractivity contribution is -0.163. The largest absolute Gasteiger partial charge is 0.478 e. The fraction of sp³-hybridized carbons (Fsp3) is 0.556. The third-order valence-corrected chi connectivity index (χ3v) is 4.19. The van der Waals surface area contributed by atoms with Gasteiger partial charge in [0.05, 0.1) is 5.56 Å². The molecule has 6 nitrogen and oxygen atoms in total. The molecule has 132 valence electrons. The number of carbonyl (C=O) groups excluding carboxylic acids is 1. The molecule has 1 aliphatic rings. The molecule has 0 unspecified atom stereocenters. The van der Waals surface area contributed by atoms with Crippen LogP contribution in [0.25, 0.3) is 0 Å². The molecule has 0 aliphatic heterocycles. The maximum atomic E-state index is 12.3. The Morgan fingerprint density at radius 1 is 1.21 bits per heavy atom. The number of carbonyl (C=O) groups is 2. The Balaban J connectivity index is 1.90. The molecule has 0 aromatic heterocycles. The van der Waals surface area contributed by atoms with Crippen molar-refractivity contribution in [2.24, 2.45) is 5.73 Å². The van der Waals surface area contributed by atoms with E-state index in [2.05, 4.69) is 5.32 Å². The molecule has 0 amide bonds. The van der Waals surface area contributed by atoms with Gasteiger partial charge in [-0.3, -0.25) is 4.79 Å². The first kappa shape index (κ1) is 18.3. The summed E-state index contributed by atoms with van der Waals surface area (Å²) in [5, 5.41) is 12.3. The van der Waals surface area contributed by atoms with Gasteiger partial charge in [-0.1, -0.05) is 0 Å². The Labute approximate surface area is 142 Å². The van der Waals surface area contributed by atoms with Crippen LogP contribution in [0.4, 0.5) is 5.69 Å². The fourth-order valence-electron chi connectivity index (χ4n) is 2.81. The molecule has 0 radical (unpaired) electrons. The number of ether oxygens (including phenoxy) is 1. The lowest BCUT2D eigenvalue weighted by atomic mass is 9.80. The van der Waals surface area contributed by atoms with Gasteiger partial charge in [-0.05, 0) is 70.7 Å². The lowest BCUT2D eigenvalue weighted by Gasteiger charge is -2.37. The summed E-state index contributed by atoms with van der Waals surface area (Å²) >= 11 is 0. The number of carboxylic acid groups (broad SMARTS) is 1. The molecule has 1 aromatic carbocycles. The van der Waals surface area contributed by atoms with Gasteiger partial charge in [0.1, 0.15) is 11.1 Å². The zero-order valence-corrected chi connectivity index (χ0v) is 14.5. The SMILES string of the molecule is CC(C)(C)OC(=O)C1(N)CCC(Nc2ccc(C(=O)O)cc2)CC1. The third-order valence-electron chi connectivity index (χ3n) is 4.19. The highest BCUT2D eigenvalue weighted by Gasteiger charge is 2.41. The number of nitrogens with one attached hydrogen (secondary N) is 1. The summed E-state index contributed by atoms with van der Waals surface area (Å²) in [5.74, 6) is -1.27. The smallest absolute Gasteiger partial charge is 0.335 e. The zero-order chi connectivity index (χ0) is 18.0. The summed E-state index contributed by atoms with van der Waals surface area (Å²) in [6, 6.07) is 6.85. The van der Waals surface area contributed by atoms with Crippen LogP contribution in [0.15, 0.2) is 24.3 Å². The van der Waals surface area contributed by atoms with E-state index in [1.807, 2.05) is 20.8 Å². The van der Waals surface area contributed by atoms with Gasteiger partial charge in [-0.2, -0.15) is 0 Å². The van der Waals surface area contributed by atoms with E-state index in [0.29, 0.717) is 12.8 Å². The highest BCUT2D eigenvalue weighted by Crippen LogP contribution is 2.30. The number of carboxylic acids is 1. The Hall–Kier alpha value is -2.08. The van der Waals surface area contributed by atoms with Gasteiger partial charge in [0, 0.05) is 11.7 Å². The second-order valence-corrected chi connectivity index (χ2v) is 7.46. The van der Waals surface area contributed by atoms with E-state index in [1.165, 1.54) is 0 Å². The molecule has 6 heteroatoms. The number of benzene rings is 1. The molecule has 1 aliphatic carbocycles. The number of aromatic carboxylic acids is 1. The van der Waals surface area contributed by atoms with E-state index in [0.717, 1.165) is 18.5 Å². The molecular weight excluding hydrogens is 308 g/mol. The second kappa shape index (κ2) is 6.81. The van der Waals surface area contributed by atoms with Crippen molar-refractivity contribution >= 4 is 17.6 Å². The highest BCUT2D eigenvalue weighted by atomic mass is 16.6. The van der Waals surface area contributed by atoms with Gasteiger partial charge in [0.2, 0.25) is 0 Å². The standard InChI is InChI=1S/C18H26N2O4/c1-17(2,3)24-16(23)18(19)10-8-14(9-11-18)20-13-6-4-12(5-7-13)15(21)22/h4-7,14,20H,8-11,19H2,1-3H3,(H,21,22). The van der Waals surface area contributed by atoms with Crippen molar-refractivity contribution < 1.29 is 19.4 Å². The third kappa shape index (κ3) is 4.71. The van der Waals surface area contributed by atoms with Crippen LogP contribution in [0.3, 0.4) is 0 Å². The summed E-state index contributed by atoms with van der Waals surface area (Å²) in [6.45, 7) is 5.51. The van der Waals surface area contributed by atoms with Gasteiger partial charge in [0.15, 0.2) is 0 Å². The molecule has 0 atom stereocenters. The van der Waals surface area contributed by atoms with Crippen LogP contribution >= 0.6 is 0 Å². The van der Waals surface area contributed by atoms with Crippen molar-refractivity contribution in [2.75, 3.05) is 5.32 Å². The summed E-state index contributed by atoms with van der Waals surface area (Å²) in [6.07, 6.45) is 2.65. The van der Waals surface area contributed by atoms with Gasteiger partial charge in [0.25, 0.3) is 0 Å². The minimum absolute atomic E-state index is 0.208. The van der Waals surface area contributed by atoms with Gasteiger partial charge in [-0.25, -0.2) is 4.79 Å². The van der Waals surface area contributed by atoms with Crippen LogP contribution in [-0.4, -0.2) is 34.2 Å². The van der Waals surface area contributed by atoms with Crippen LogP contribution < -0.4 is 11.1 Å². The predicted molar refractivity (Wildman–Crippen MR) is 92.0 cm³/mol. The van der Waals surface area contributed by atoms with Crippen LogP contribution in [0, 0.1) is 0 Å². The van der Waals surface area contributed by atoms with Crippen LogP contribution in [0.2, 0.25) is 0 Å². The first-order valence-electron chi connectivity index (χ1n) is 8.21. The van der Waals surface area contributed by atoms with Gasteiger partial charge >= 0.3 is 11.9 Å². The van der Waals surface area contributed by atoms with E-state index in [9.17, 15) is 9.59 Å². The first-order chi connectivity index (χ1) is 11.1. The normalized spacial score (nSPS) is 24.2. The van der Waals surface area contributed by atoms with Crippen LogP contribution in [0.1, 0.15) is 56.8 Å². The minimum Gasteiger partial charge on any atom is -0.478 e. The maximum Gasteiger partial charge on any atom is 0.335 e. The van der Waals surface area contributed by atoms with Gasteiger partial charge < -0.3 is 20.9 Å². The average Bonchev–Trinajstić information content (AvgIpc) is 2.48. The molecule has 0 spiro atoms. The van der Waals surface area contributed by atoms with Crippen molar-refractivity contribution in [3.05, 3.63) is 29.8 Å². The van der Waals surface area contributed by atoms with Crippen molar-refractivity contribution in [3.8, 4) is 0 Å². The Kier molecular flexibility index (Phi) is 5.18. The Bertz CT molecular complexity index is 596. The highest BCUT2D eigenvalue weighted by molar-refractivity contribution is 5.88. The van der Waals surface area contributed by atoms with Crippen molar-refractivity contribution in [1.82, 2.24) is 0 Å². The number of rotatable bonds is 4. The van der Waals surface area contributed by atoms with Crippen molar-refractivity contribution in [3.63, 3.8) is 0 Å². The molecule has 0 saturated heterocycles. The summed E-state index contributed by atoms with van der Waals surface area (Å²) in [4.78, 5) is 23.1. The zero-order valence-electron chi connectivity index (χ0n) is 14.5. The molecule has 0 bridgehead atoms. The van der Waals surface area contributed by atoms with Crippen LogP contribution in [-0.2, 0) is 9.53 Å². The summed E-state index contributed by atoms with van der Waals surface area (Å²) in [7, 11) is 0. The Morgan fingerprint density at radius 2 is 1.75 bits per heavy atom. The topological polar surface area (TPSA) is 102 Å². The van der Waals surface area contributed by atoms with E-state index >= 15 is 0 Å². The van der Waals surface area contributed by atoms with Crippen molar-refractivity contribution in [1.29, 1.82) is 0 Å². The van der Waals surface area contributed by atoms with Crippen LogP contribution in [0.5, 0.6) is 0 Å².